The van der Waals surface area contributed by atoms with Crippen molar-refractivity contribution < 1.29 is 0 Å². The minimum Gasteiger partial charge on any atom is -0.309 e. The minimum atomic E-state index is 0.411. The number of imidazole rings is 1. The van der Waals surface area contributed by atoms with Crippen molar-refractivity contribution in [2.45, 2.75) is 51.5 Å². The molecule has 0 bridgehead atoms. The van der Waals surface area contributed by atoms with Crippen LogP contribution < -0.4 is 0 Å². The average Bonchev–Trinajstić information content (AvgIpc) is 2.76. The van der Waals surface area contributed by atoms with E-state index in [2.05, 4.69) is 28.4 Å². The first-order valence-corrected chi connectivity index (χ1v) is 8.00. The van der Waals surface area contributed by atoms with Crippen LogP contribution in [-0.4, -0.2) is 14.5 Å². The second kappa shape index (κ2) is 5.19. The third kappa shape index (κ3) is 2.53. The lowest BCUT2D eigenvalue weighted by molar-refractivity contribution is 0.194. The van der Waals surface area contributed by atoms with Gasteiger partial charge in [-0.2, -0.15) is 0 Å². The highest BCUT2D eigenvalue weighted by molar-refractivity contribution is 6.31. The molecule has 0 aliphatic heterocycles. The Hall–Kier alpha value is -0.800. The zero-order valence-corrected chi connectivity index (χ0v) is 13.4. The molecular weight excluding hydrogens is 293 g/mol. The molecule has 0 unspecified atom stereocenters. The van der Waals surface area contributed by atoms with E-state index in [1.807, 2.05) is 6.07 Å². The molecule has 0 aromatic carbocycles. The average molecular weight is 312 g/mol. The summed E-state index contributed by atoms with van der Waals surface area (Å²) in [5.41, 5.74) is 2.21. The van der Waals surface area contributed by atoms with Crippen molar-refractivity contribution in [2.75, 3.05) is 0 Å². The van der Waals surface area contributed by atoms with Crippen LogP contribution in [0.3, 0.4) is 0 Å². The smallest absolute Gasteiger partial charge is 0.160 e. The molecule has 0 N–H and O–H groups in total. The fourth-order valence-corrected chi connectivity index (χ4v) is 3.47. The zero-order chi connectivity index (χ0) is 14.3. The Morgan fingerprint density at radius 1 is 1.35 bits per heavy atom. The van der Waals surface area contributed by atoms with Crippen LogP contribution in [-0.2, 0) is 5.88 Å². The number of halogens is 2. The van der Waals surface area contributed by atoms with Crippen molar-refractivity contribution >= 4 is 34.4 Å². The highest BCUT2D eigenvalue weighted by Gasteiger charge is 2.29. The summed E-state index contributed by atoms with van der Waals surface area (Å²) in [6, 6.07) is 2.32. The molecule has 1 aliphatic carbocycles. The van der Waals surface area contributed by atoms with Gasteiger partial charge in [0.2, 0.25) is 0 Å². The number of nitrogens with zero attached hydrogens (tertiary/aromatic N) is 3. The van der Waals surface area contributed by atoms with Crippen LogP contribution >= 0.6 is 23.2 Å². The van der Waals surface area contributed by atoms with Crippen molar-refractivity contribution in [2.24, 2.45) is 5.41 Å². The van der Waals surface area contributed by atoms with E-state index in [0.29, 0.717) is 22.4 Å². The van der Waals surface area contributed by atoms with Gasteiger partial charge in [0.25, 0.3) is 0 Å². The maximum Gasteiger partial charge on any atom is 0.160 e. The SMILES string of the molecule is CC1(C)CCC(n2c(CCl)nc3cc(Cl)cnc32)CC1. The Morgan fingerprint density at radius 2 is 2.05 bits per heavy atom. The molecule has 20 heavy (non-hydrogen) atoms. The molecule has 0 radical (unpaired) electrons. The van der Waals surface area contributed by atoms with E-state index in [9.17, 15) is 0 Å². The Kier molecular flexibility index (Phi) is 3.67. The molecule has 0 spiro atoms. The van der Waals surface area contributed by atoms with Gasteiger partial charge in [0.1, 0.15) is 11.3 Å². The first-order valence-electron chi connectivity index (χ1n) is 7.08. The Morgan fingerprint density at radius 3 is 2.70 bits per heavy atom. The van der Waals surface area contributed by atoms with Crippen LogP contribution in [0.15, 0.2) is 12.3 Å². The lowest BCUT2D eigenvalue weighted by Crippen LogP contribution is -2.24. The molecule has 1 fully saturated rings. The maximum atomic E-state index is 6.07. The lowest BCUT2D eigenvalue weighted by atomic mass is 9.75. The van der Waals surface area contributed by atoms with Crippen LogP contribution in [0.25, 0.3) is 11.2 Å². The quantitative estimate of drug-likeness (QED) is 0.733. The number of hydrogen-bond acceptors (Lipinski definition) is 2. The van der Waals surface area contributed by atoms with Crippen molar-refractivity contribution in [3.05, 3.63) is 23.1 Å². The molecule has 0 amide bonds. The van der Waals surface area contributed by atoms with Gasteiger partial charge in [0, 0.05) is 12.2 Å². The summed E-state index contributed by atoms with van der Waals surface area (Å²) in [6.45, 7) is 4.69. The van der Waals surface area contributed by atoms with Gasteiger partial charge >= 0.3 is 0 Å². The standard InChI is InChI=1S/C15H19Cl2N3/c1-15(2)5-3-11(4-6-15)20-13(8-16)19-12-7-10(17)9-18-14(12)20/h7,9,11H,3-6,8H2,1-2H3. The number of hydrogen-bond donors (Lipinski definition) is 0. The maximum absolute atomic E-state index is 6.07. The summed E-state index contributed by atoms with van der Waals surface area (Å²) in [5, 5.41) is 0.619. The van der Waals surface area contributed by atoms with Crippen molar-refractivity contribution in [1.82, 2.24) is 14.5 Å². The predicted molar refractivity (Wildman–Crippen MR) is 83.4 cm³/mol. The number of fused-ring (bicyclic) bond motifs is 1. The monoisotopic (exact) mass is 311 g/mol. The minimum absolute atomic E-state index is 0.411. The van der Waals surface area contributed by atoms with E-state index in [0.717, 1.165) is 29.8 Å². The summed E-state index contributed by atoms with van der Waals surface area (Å²) >= 11 is 12.1. The molecule has 3 nitrogen and oxygen atoms in total. The molecule has 2 aromatic heterocycles. The summed E-state index contributed by atoms with van der Waals surface area (Å²) in [7, 11) is 0. The topological polar surface area (TPSA) is 30.7 Å². The van der Waals surface area contributed by atoms with Gasteiger partial charge in [-0.15, -0.1) is 11.6 Å². The van der Waals surface area contributed by atoms with Crippen LogP contribution in [0, 0.1) is 5.41 Å². The van der Waals surface area contributed by atoms with E-state index < -0.39 is 0 Å². The van der Waals surface area contributed by atoms with Crippen LogP contribution in [0.5, 0.6) is 0 Å². The number of alkyl halides is 1. The first kappa shape index (κ1) is 14.2. The number of aromatic nitrogens is 3. The Bertz CT molecular complexity index is 623. The Labute approximate surface area is 129 Å². The number of rotatable bonds is 2. The second-order valence-electron chi connectivity index (χ2n) is 6.42. The fourth-order valence-electron chi connectivity index (χ4n) is 3.12. The molecule has 3 rings (SSSR count). The van der Waals surface area contributed by atoms with Gasteiger partial charge < -0.3 is 4.57 Å². The van der Waals surface area contributed by atoms with E-state index in [1.54, 1.807) is 6.20 Å². The summed E-state index contributed by atoms with van der Waals surface area (Å²) in [6.07, 6.45) is 6.46. The van der Waals surface area contributed by atoms with Gasteiger partial charge in [-0.1, -0.05) is 25.4 Å². The Balaban J connectivity index is 2.02. The van der Waals surface area contributed by atoms with E-state index >= 15 is 0 Å². The van der Waals surface area contributed by atoms with Crippen LogP contribution in [0.2, 0.25) is 5.02 Å². The highest BCUT2D eigenvalue weighted by atomic mass is 35.5. The van der Waals surface area contributed by atoms with Crippen molar-refractivity contribution in [3.63, 3.8) is 0 Å². The summed E-state index contributed by atoms with van der Waals surface area (Å²) in [5.74, 6) is 1.31. The van der Waals surface area contributed by atoms with Gasteiger partial charge in [-0.05, 0) is 37.2 Å². The highest BCUT2D eigenvalue weighted by Crippen LogP contribution is 2.41. The fraction of sp³-hybridized carbons (Fsp3) is 0.600. The van der Waals surface area contributed by atoms with Crippen LogP contribution in [0.1, 0.15) is 51.4 Å². The molecule has 0 atom stereocenters. The predicted octanol–water partition coefficient (Wildman–Crippen LogP) is 4.96. The van der Waals surface area contributed by atoms with E-state index in [4.69, 9.17) is 23.2 Å². The summed E-state index contributed by atoms with van der Waals surface area (Å²) in [4.78, 5) is 9.06. The summed E-state index contributed by atoms with van der Waals surface area (Å²) < 4.78 is 2.23. The van der Waals surface area contributed by atoms with Crippen molar-refractivity contribution in [3.8, 4) is 0 Å². The third-order valence-corrected chi connectivity index (χ3v) is 4.81. The van der Waals surface area contributed by atoms with Crippen molar-refractivity contribution in [1.29, 1.82) is 0 Å². The van der Waals surface area contributed by atoms with E-state index in [-0.39, 0.29) is 0 Å². The molecule has 2 aromatic rings. The molecule has 1 saturated carbocycles. The normalized spacial score (nSPS) is 19.6. The second-order valence-corrected chi connectivity index (χ2v) is 7.13. The molecule has 2 heterocycles. The first-order chi connectivity index (χ1) is 9.50. The van der Waals surface area contributed by atoms with Gasteiger partial charge in [0.05, 0.1) is 10.9 Å². The molecule has 1 aliphatic rings. The van der Waals surface area contributed by atoms with E-state index in [1.165, 1.54) is 12.8 Å². The third-order valence-electron chi connectivity index (χ3n) is 4.36. The van der Waals surface area contributed by atoms with Gasteiger partial charge in [0.15, 0.2) is 5.65 Å². The largest absolute Gasteiger partial charge is 0.309 e. The number of pyridine rings is 1. The molecular formula is C15H19Cl2N3. The molecule has 0 saturated heterocycles. The molecule has 108 valence electrons. The van der Waals surface area contributed by atoms with Gasteiger partial charge in [-0.3, -0.25) is 0 Å². The molecule has 5 heteroatoms. The van der Waals surface area contributed by atoms with Gasteiger partial charge in [-0.25, -0.2) is 9.97 Å². The lowest BCUT2D eigenvalue weighted by Gasteiger charge is -2.35. The zero-order valence-electron chi connectivity index (χ0n) is 11.9. The van der Waals surface area contributed by atoms with Crippen LogP contribution in [0.4, 0.5) is 0 Å².